The molecule has 0 radical (unpaired) electrons. The fraction of sp³-hybridized carbons (Fsp3) is 0.133. The van der Waals surface area contributed by atoms with E-state index in [1.807, 2.05) is 6.07 Å². The summed E-state index contributed by atoms with van der Waals surface area (Å²) >= 11 is 0. The van der Waals surface area contributed by atoms with Crippen molar-refractivity contribution in [3.63, 3.8) is 0 Å². The van der Waals surface area contributed by atoms with Crippen molar-refractivity contribution in [2.45, 2.75) is 13.0 Å². The van der Waals surface area contributed by atoms with Crippen LogP contribution in [0.3, 0.4) is 0 Å². The SMILES string of the molecule is N#Cc1cccc(NCc2ccc(C(F)F)cc2)c1. The van der Waals surface area contributed by atoms with Gasteiger partial charge in [-0.15, -0.1) is 0 Å². The van der Waals surface area contributed by atoms with E-state index < -0.39 is 6.43 Å². The molecular formula is C15H12F2N2. The predicted molar refractivity (Wildman–Crippen MR) is 69.9 cm³/mol. The highest BCUT2D eigenvalue weighted by Crippen LogP contribution is 2.19. The lowest BCUT2D eigenvalue weighted by atomic mass is 10.1. The highest BCUT2D eigenvalue weighted by Gasteiger charge is 2.05. The maximum Gasteiger partial charge on any atom is 0.263 e. The number of nitrogens with zero attached hydrogens (tertiary/aromatic N) is 1. The molecule has 2 aromatic rings. The number of anilines is 1. The maximum absolute atomic E-state index is 12.4. The van der Waals surface area contributed by atoms with E-state index in [-0.39, 0.29) is 5.56 Å². The molecule has 0 heterocycles. The van der Waals surface area contributed by atoms with E-state index in [9.17, 15) is 8.78 Å². The van der Waals surface area contributed by atoms with Crippen LogP contribution in [-0.2, 0) is 6.54 Å². The molecule has 2 rings (SSSR count). The molecule has 1 N–H and O–H groups in total. The Bertz CT molecular complexity index is 586. The van der Waals surface area contributed by atoms with E-state index in [0.717, 1.165) is 11.3 Å². The van der Waals surface area contributed by atoms with E-state index in [1.165, 1.54) is 12.1 Å². The number of nitrogens with one attached hydrogen (secondary N) is 1. The molecule has 19 heavy (non-hydrogen) atoms. The highest BCUT2D eigenvalue weighted by atomic mass is 19.3. The lowest BCUT2D eigenvalue weighted by Crippen LogP contribution is -1.99. The van der Waals surface area contributed by atoms with Crippen molar-refractivity contribution in [3.8, 4) is 6.07 Å². The molecule has 0 atom stereocenters. The molecule has 0 spiro atoms. The maximum atomic E-state index is 12.4. The third-order valence-electron chi connectivity index (χ3n) is 2.72. The van der Waals surface area contributed by atoms with Crippen molar-refractivity contribution < 1.29 is 8.78 Å². The molecule has 0 fully saturated rings. The van der Waals surface area contributed by atoms with Gasteiger partial charge in [-0.2, -0.15) is 5.26 Å². The van der Waals surface area contributed by atoms with Crippen molar-refractivity contribution in [1.29, 1.82) is 5.26 Å². The van der Waals surface area contributed by atoms with Gasteiger partial charge in [0.1, 0.15) is 0 Å². The second-order valence-corrected chi connectivity index (χ2v) is 4.09. The third-order valence-corrected chi connectivity index (χ3v) is 2.72. The van der Waals surface area contributed by atoms with Gasteiger partial charge in [-0.1, -0.05) is 30.3 Å². The van der Waals surface area contributed by atoms with Gasteiger partial charge in [0.05, 0.1) is 11.6 Å². The number of halogens is 2. The molecule has 0 amide bonds. The summed E-state index contributed by atoms with van der Waals surface area (Å²) in [6.07, 6.45) is -2.44. The minimum atomic E-state index is -2.44. The van der Waals surface area contributed by atoms with Crippen LogP contribution in [-0.4, -0.2) is 0 Å². The Hall–Kier alpha value is -2.41. The summed E-state index contributed by atoms with van der Waals surface area (Å²) in [7, 11) is 0. The molecule has 4 heteroatoms. The Labute approximate surface area is 110 Å². The van der Waals surface area contributed by atoms with Crippen molar-refractivity contribution in [2.75, 3.05) is 5.32 Å². The van der Waals surface area contributed by atoms with Gasteiger partial charge in [-0.05, 0) is 23.8 Å². The monoisotopic (exact) mass is 258 g/mol. The number of alkyl halides is 2. The summed E-state index contributed by atoms with van der Waals surface area (Å²) in [6.45, 7) is 0.526. The zero-order chi connectivity index (χ0) is 13.7. The quantitative estimate of drug-likeness (QED) is 0.895. The van der Waals surface area contributed by atoms with Crippen LogP contribution in [0.15, 0.2) is 48.5 Å². The number of nitriles is 1. The van der Waals surface area contributed by atoms with Gasteiger partial charge in [0, 0.05) is 17.8 Å². The van der Waals surface area contributed by atoms with Crippen LogP contribution in [0.1, 0.15) is 23.1 Å². The molecule has 0 bridgehead atoms. The van der Waals surface area contributed by atoms with E-state index in [0.29, 0.717) is 12.1 Å². The molecule has 0 aliphatic carbocycles. The van der Waals surface area contributed by atoms with E-state index in [1.54, 1.807) is 30.3 Å². The van der Waals surface area contributed by atoms with Crippen molar-refractivity contribution in [2.24, 2.45) is 0 Å². The Morgan fingerprint density at radius 2 is 1.84 bits per heavy atom. The largest absolute Gasteiger partial charge is 0.381 e. The second-order valence-electron chi connectivity index (χ2n) is 4.09. The summed E-state index contributed by atoms with van der Waals surface area (Å²) in [5.74, 6) is 0. The first-order chi connectivity index (χ1) is 9.19. The summed E-state index contributed by atoms with van der Waals surface area (Å²) in [6, 6.07) is 15.4. The molecule has 2 nitrogen and oxygen atoms in total. The standard InChI is InChI=1S/C15H12F2N2/c16-15(17)13-6-4-11(5-7-13)10-19-14-3-1-2-12(8-14)9-18/h1-8,15,19H,10H2. The molecule has 96 valence electrons. The number of rotatable bonds is 4. The molecule has 2 aromatic carbocycles. The van der Waals surface area contributed by atoms with Gasteiger partial charge in [0.2, 0.25) is 0 Å². The van der Waals surface area contributed by atoms with E-state index in [2.05, 4.69) is 11.4 Å². The van der Waals surface area contributed by atoms with Crippen LogP contribution in [0, 0.1) is 11.3 Å². The molecular weight excluding hydrogens is 246 g/mol. The topological polar surface area (TPSA) is 35.8 Å². The van der Waals surface area contributed by atoms with Gasteiger partial charge >= 0.3 is 0 Å². The first-order valence-corrected chi connectivity index (χ1v) is 5.80. The van der Waals surface area contributed by atoms with Crippen LogP contribution >= 0.6 is 0 Å². The van der Waals surface area contributed by atoms with Crippen molar-refractivity contribution in [3.05, 3.63) is 65.2 Å². The van der Waals surface area contributed by atoms with Crippen LogP contribution in [0.2, 0.25) is 0 Å². The van der Waals surface area contributed by atoms with Crippen LogP contribution in [0.25, 0.3) is 0 Å². The fourth-order valence-electron chi connectivity index (χ4n) is 1.68. The second kappa shape index (κ2) is 5.96. The van der Waals surface area contributed by atoms with Crippen molar-refractivity contribution in [1.82, 2.24) is 0 Å². The summed E-state index contributed by atoms with van der Waals surface area (Å²) in [5.41, 5.74) is 2.34. The Kier molecular flexibility index (Phi) is 4.09. The number of hydrogen-bond acceptors (Lipinski definition) is 2. The van der Waals surface area contributed by atoms with Crippen LogP contribution in [0.4, 0.5) is 14.5 Å². The molecule has 0 aliphatic heterocycles. The Balaban J connectivity index is 2.00. The first kappa shape index (κ1) is 13.0. The lowest BCUT2D eigenvalue weighted by Gasteiger charge is -2.07. The molecule has 0 aliphatic rings. The zero-order valence-electron chi connectivity index (χ0n) is 10.1. The van der Waals surface area contributed by atoms with Gasteiger partial charge in [-0.25, -0.2) is 8.78 Å². The smallest absolute Gasteiger partial charge is 0.263 e. The van der Waals surface area contributed by atoms with Gasteiger partial charge in [0.15, 0.2) is 0 Å². The summed E-state index contributed by atoms with van der Waals surface area (Å²) in [4.78, 5) is 0. The molecule has 0 unspecified atom stereocenters. The van der Waals surface area contributed by atoms with Gasteiger partial charge in [0.25, 0.3) is 6.43 Å². The van der Waals surface area contributed by atoms with Crippen molar-refractivity contribution >= 4 is 5.69 Å². The molecule has 0 saturated heterocycles. The minimum absolute atomic E-state index is 0.0234. The summed E-state index contributed by atoms with van der Waals surface area (Å²) in [5, 5.41) is 11.9. The average Bonchev–Trinajstić information content (AvgIpc) is 2.46. The Morgan fingerprint density at radius 3 is 2.47 bits per heavy atom. The van der Waals surface area contributed by atoms with E-state index in [4.69, 9.17) is 5.26 Å². The number of hydrogen-bond donors (Lipinski definition) is 1. The van der Waals surface area contributed by atoms with Crippen LogP contribution < -0.4 is 5.32 Å². The molecule has 0 saturated carbocycles. The van der Waals surface area contributed by atoms with Gasteiger partial charge < -0.3 is 5.32 Å². The zero-order valence-corrected chi connectivity index (χ0v) is 10.1. The fourth-order valence-corrected chi connectivity index (χ4v) is 1.68. The lowest BCUT2D eigenvalue weighted by molar-refractivity contribution is 0.151. The summed E-state index contributed by atoms with van der Waals surface area (Å²) < 4.78 is 24.8. The van der Waals surface area contributed by atoms with Crippen LogP contribution in [0.5, 0.6) is 0 Å². The molecule has 0 aromatic heterocycles. The third kappa shape index (κ3) is 3.52. The average molecular weight is 258 g/mol. The predicted octanol–water partition coefficient (Wildman–Crippen LogP) is 4.11. The van der Waals surface area contributed by atoms with Gasteiger partial charge in [-0.3, -0.25) is 0 Å². The first-order valence-electron chi connectivity index (χ1n) is 5.80. The highest BCUT2D eigenvalue weighted by molar-refractivity contribution is 5.49. The Morgan fingerprint density at radius 1 is 1.11 bits per heavy atom. The number of benzene rings is 2. The normalized spacial score (nSPS) is 10.2. The van der Waals surface area contributed by atoms with E-state index >= 15 is 0 Å². The minimum Gasteiger partial charge on any atom is -0.381 e.